The van der Waals surface area contributed by atoms with Crippen LogP contribution in [0.15, 0.2) is 0 Å². The Labute approximate surface area is 430 Å². The van der Waals surface area contributed by atoms with Gasteiger partial charge in [-0.2, -0.15) is 0 Å². The van der Waals surface area contributed by atoms with Crippen molar-refractivity contribution in [3.8, 4) is 0 Å². The summed E-state index contributed by atoms with van der Waals surface area (Å²) in [6.45, 7) is -1.41. The number of nitrogens with zero attached hydrogens (tertiary/aromatic N) is 2. The molecule has 0 aliphatic carbocycles. The summed E-state index contributed by atoms with van der Waals surface area (Å²) < 4.78 is 43.0. The molecular formula is C6H14K6N2O12P4. The molecule has 0 rings (SSSR count). The summed E-state index contributed by atoms with van der Waals surface area (Å²) in [5.74, 6) is 0. The summed E-state index contributed by atoms with van der Waals surface area (Å²) in [6, 6.07) is 0. The first kappa shape index (κ1) is 56.2. The van der Waals surface area contributed by atoms with Crippen LogP contribution in [0.1, 0.15) is 0 Å². The Morgan fingerprint density at radius 1 is 0.500 bits per heavy atom. The van der Waals surface area contributed by atoms with Crippen LogP contribution < -0.4 is 338 Å². The molecule has 0 saturated heterocycles. The van der Waals surface area contributed by atoms with Gasteiger partial charge in [0.25, 0.3) is 0 Å². The second-order valence-electron chi connectivity index (χ2n) is 4.85. The van der Waals surface area contributed by atoms with Gasteiger partial charge in [0.2, 0.25) is 0 Å². The molecule has 0 aromatic heterocycles. The Hall–Kier alpha value is 10.3. The van der Waals surface area contributed by atoms with Crippen molar-refractivity contribution in [2.45, 2.75) is 0 Å². The normalized spacial score (nSPS) is 11.7. The minimum atomic E-state index is -5.27. The van der Waals surface area contributed by atoms with Crippen LogP contribution in [0, 0.1) is 0 Å². The average molecular weight is 665 g/mol. The number of hydrogen-bond acceptors (Lipinski definition) is 12. The van der Waals surface area contributed by atoms with E-state index in [0.717, 1.165) is 0 Å². The van der Waals surface area contributed by atoms with E-state index in [1.807, 2.05) is 0 Å². The predicted octanol–water partition coefficient (Wildman–Crippen LogP) is -23.6. The van der Waals surface area contributed by atoms with Gasteiger partial charge in [0.05, 0.1) is 0 Å². The van der Waals surface area contributed by atoms with Gasteiger partial charge in [-0.15, -0.1) is 0 Å². The van der Waals surface area contributed by atoms with Crippen molar-refractivity contribution in [1.82, 2.24) is 9.80 Å². The van der Waals surface area contributed by atoms with Crippen molar-refractivity contribution in [1.29, 1.82) is 0 Å². The second kappa shape index (κ2) is 26.9. The summed E-state index contributed by atoms with van der Waals surface area (Å²) in [6.07, 6.45) is -5.27. The molecule has 2 N–H and O–H groups in total. The zero-order valence-electron chi connectivity index (χ0n) is 17.9. The fraction of sp³-hybridized carbons (Fsp3) is 1.00. The number of hydrogen-bond donors (Lipinski definition) is 2. The molecular weight excluding hydrogens is 651 g/mol. The Morgan fingerprint density at radius 2 is 0.700 bits per heavy atom. The van der Waals surface area contributed by atoms with Crippen molar-refractivity contribution >= 4 is 30.4 Å². The van der Waals surface area contributed by atoms with Gasteiger partial charge >= 0.3 is 316 Å². The van der Waals surface area contributed by atoms with E-state index in [4.69, 9.17) is 9.79 Å². The maximum atomic E-state index is 10.9. The van der Waals surface area contributed by atoms with E-state index in [0.29, 0.717) is 9.80 Å². The van der Waals surface area contributed by atoms with E-state index in [1.165, 1.54) is 0 Å². The summed E-state index contributed by atoms with van der Waals surface area (Å²) >= 11 is 0. The zero-order valence-corrected chi connectivity index (χ0v) is 40.2. The van der Waals surface area contributed by atoms with E-state index in [2.05, 4.69) is 0 Å². The molecule has 146 valence electrons. The van der Waals surface area contributed by atoms with Crippen molar-refractivity contribution < 1.29 is 366 Å². The molecule has 0 bridgehead atoms. The van der Waals surface area contributed by atoms with Crippen molar-refractivity contribution in [3.63, 3.8) is 0 Å². The number of rotatable bonds is 11. The maximum absolute atomic E-state index is 10.9. The Bertz CT molecular complexity index is 508. The fourth-order valence-electron chi connectivity index (χ4n) is 1.65. The Balaban J connectivity index is -0.000000176. The van der Waals surface area contributed by atoms with Crippen LogP contribution in [0.2, 0.25) is 0 Å². The minimum Gasteiger partial charge on any atom is -0.810 e. The van der Waals surface area contributed by atoms with Gasteiger partial charge in [0, 0.05) is 31.9 Å². The first-order chi connectivity index (χ1) is 10.4. The second-order valence-corrected chi connectivity index (χ2v) is 11.0. The van der Waals surface area contributed by atoms with E-state index >= 15 is 0 Å². The van der Waals surface area contributed by atoms with Crippen LogP contribution in [-0.2, 0) is 18.3 Å². The summed E-state index contributed by atoms with van der Waals surface area (Å²) in [5.41, 5.74) is 0. The first-order valence-corrected chi connectivity index (χ1v) is 12.9. The molecule has 0 unspecified atom stereocenters. The first-order valence-electron chi connectivity index (χ1n) is 5.89. The molecule has 0 aromatic rings. The van der Waals surface area contributed by atoms with Crippen LogP contribution in [0.25, 0.3) is 0 Å². The molecule has 0 heterocycles. The van der Waals surface area contributed by atoms with Gasteiger partial charge < -0.3 is 52.8 Å². The molecule has 0 amide bonds. The maximum Gasteiger partial charge on any atom is 1.00 e. The smallest absolute Gasteiger partial charge is 0.810 e. The van der Waals surface area contributed by atoms with Crippen molar-refractivity contribution in [2.24, 2.45) is 0 Å². The van der Waals surface area contributed by atoms with Gasteiger partial charge in [0.15, 0.2) is 0 Å². The molecule has 30 heavy (non-hydrogen) atoms. The molecule has 0 aromatic carbocycles. The Kier molecular flexibility index (Phi) is 50.4. The third kappa shape index (κ3) is 42.8. The predicted molar refractivity (Wildman–Crippen MR) is 67.7 cm³/mol. The average Bonchev–Trinajstić information content (AvgIpc) is 2.16. The van der Waals surface area contributed by atoms with Crippen LogP contribution in [0.4, 0.5) is 0 Å². The third-order valence-corrected chi connectivity index (χ3v) is 5.24. The SMILES string of the molecule is O=P([O-])([O-])CN(CCN(CP(=O)([O-])[O-])CP(=O)(O)O)CP(=O)([O-])[O-].[K+].[K+].[K+].[K+].[K+].[K+]. The molecule has 24 heteroatoms. The van der Waals surface area contributed by atoms with Gasteiger partial charge in [-0.1, -0.05) is 22.8 Å². The monoisotopic (exact) mass is 664 g/mol. The standard InChI is InChI=1S/C6H20N2O12P4.6K/c9-21(10,11)3-7(4-22(12,13)14)1-2-8(5-23(15,16)17)6-24(18,19)20;;;;;;/h1-6H2,(H2,9,10,11)(H2,12,13,14)(H2,15,16,17)(H2,18,19,20);;;;;;/q;6*+1/p-6. The van der Waals surface area contributed by atoms with E-state index in [-0.39, 0.29) is 308 Å². The molecule has 0 atom stereocenters. The van der Waals surface area contributed by atoms with E-state index in [1.54, 1.807) is 0 Å². The van der Waals surface area contributed by atoms with E-state index in [9.17, 15) is 47.6 Å². The molecule has 0 aliphatic heterocycles. The van der Waals surface area contributed by atoms with Crippen LogP contribution >= 0.6 is 30.4 Å². The van der Waals surface area contributed by atoms with Crippen molar-refractivity contribution in [2.75, 3.05) is 38.2 Å². The largest absolute Gasteiger partial charge is 1.00 e. The molecule has 0 radical (unpaired) electrons. The van der Waals surface area contributed by atoms with Crippen LogP contribution in [0.3, 0.4) is 0 Å². The van der Waals surface area contributed by atoms with Crippen LogP contribution in [-0.4, -0.2) is 57.8 Å². The molecule has 0 fully saturated rings. The van der Waals surface area contributed by atoms with Gasteiger partial charge in [-0.3, -0.25) is 14.4 Å². The quantitative estimate of drug-likeness (QED) is 0.154. The minimum absolute atomic E-state index is 0. The fourth-order valence-corrected chi connectivity index (χ4v) is 4.92. The Morgan fingerprint density at radius 3 is 0.867 bits per heavy atom. The molecule has 0 saturated carbocycles. The molecule has 0 spiro atoms. The van der Waals surface area contributed by atoms with Gasteiger partial charge in [0.1, 0.15) is 6.29 Å². The third-order valence-electron chi connectivity index (χ3n) is 2.24. The summed E-state index contributed by atoms with van der Waals surface area (Å²) in [5, 5.41) is 0. The zero-order chi connectivity index (χ0) is 19.4. The van der Waals surface area contributed by atoms with Gasteiger partial charge in [-0.25, -0.2) is 0 Å². The topological polar surface area (TPSA) is 254 Å². The summed E-state index contributed by atoms with van der Waals surface area (Å²) in [4.78, 5) is 82.5. The van der Waals surface area contributed by atoms with Gasteiger partial charge in [-0.05, 0) is 0 Å². The summed E-state index contributed by atoms with van der Waals surface area (Å²) in [7, 11) is -20.6. The van der Waals surface area contributed by atoms with Crippen LogP contribution in [0.5, 0.6) is 0 Å². The van der Waals surface area contributed by atoms with E-state index < -0.39 is 68.6 Å². The molecule has 0 aliphatic rings. The molecule has 14 nitrogen and oxygen atoms in total. The van der Waals surface area contributed by atoms with Crippen molar-refractivity contribution in [3.05, 3.63) is 0 Å².